The Hall–Kier alpha value is 1.11. The van der Waals surface area contributed by atoms with Crippen LogP contribution >= 0.6 is 0 Å². The normalized spacial score (nSPS) is 8.38. The summed E-state index contributed by atoms with van der Waals surface area (Å²) in [5.74, 6) is -0.750. The molecule has 2 nitrogen and oxygen atoms in total. The van der Waals surface area contributed by atoms with Gasteiger partial charge in [-0.25, -0.2) is 0 Å². The van der Waals surface area contributed by atoms with Crippen molar-refractivity contribution in [1.82, 2.24) is 0 Å². The van der Waals surface area contributed by atoms with Gasteiger partial charge in [0.1, 0.15) is 0 Å². The summed E-state index contributed by atoms with van der Waals surface area (Å²) < 4.78 is 0. The third-order valence-corrected chi connectivity index (χ3v) is 0.575. The van der Waals surface area contributed by atoms with Crippen LogP contribution in [0.5, 0.6) is 0 Å². The van der Waals surface area contributed by atoms with Crippen LogP contribution in [0.4, 0.5) is 0 Å². The van der Waals surface area contributed by atoms with E-state index in [0.717, 1.165) is 0 Å². The minimum atomic E-state index is -0.963. The SMILES string of the molecule is CC(C)CC(=O)[O-].[K+]. The van der Waals surface area contributed by atoms with Crippen molar-refractivity contribution in [3.63, 3.8) is 0 Å². The van der Waals surface area contributed by atoms with Crippen LogP contribution in [0.25, 0.3) is 0 Å². The second-order valence-corrected chi connectivity index (χ2v) is 1.97. The van der Waals surface area contributed by atoms with Gasteiger partial charge in [0.2, 0.25) is 0 Å². The maximum absolute atomic E-state index is 9.70. The Morgan fingerprint density at radius 1 is 1.62 bits per heavy atom. The predicted molar refractivity (Wildman–Crippen MR) is 24.5 cm³/mol. The first-order valence-electron chi connectivity index (χ1n) is 2.32. The van der Waals surface area contributed by atoms with E-state index in [1.807, 2.05) is 13.8 Å². The van der Waals surface area contributed by atoms with Crippen LogP contribution in [-0.2, 0) is 4.79 Å². The van der Waals surface area contributed by atoms with E-state index < -0.39 is 5.97 Å². The minimum Gasteiger partial charge on any atom is -0.550 e. The fourth-order valence-electron chi connectivity index (χ4n) is 0.333. The molecule has 0 aliphatic heterocycles. The molecule has 0 aromatic heterocycles. The van der Waals surface area contributed by atoms with Gasteiger partial charge in [0.05, 0.1) is 0 Å². The van der Waals surface area contributed by atoms with Gasteiger partial charge < -0.3 is 9.90 Å². The fraction of sp³-hybridized carbons (Fsp3) is 0.800. The first kappa shape index (κ1) is 11.8. The zero-order chi connectivity index (χ0) is 5.86. The molecular weight excluding hydrogens is 131 g/mol. The largest absolute Gasteiger partial charge is 1.00 e. The van der Waals surface area contributed by atoms with E-state index >= 15 is 0 Å². The van der Waals surface area contributed by atoms with E-state index in [9.17, 15) is 9.90 Å². The summed E-state index contributed by atoms with van der Waals surface area (Å²) >= 11 is 0. The second kappa shape index (κ2) is 6.23. The molecule has 0 radical (unpaired) electrons. The zero-order valence-electron chi connectivity index (χ0n) is 5.60. The number of carbonyl (C=O) groups excluding carboxylic acids is 1. The molecule has 0 bridgehead atoms. The Kier molecular flexibility index (Phi) is 9.23. The minimum absolute atomic E-state index is 0. The van der Waals surface area contributed by atoms with Crippen molar-refractivity contribution < 1.29 is 61.3 Å². The number of aliphatic carboxylic acids is 1. The maximum atomic E-state index is 9.70. The van der Waals surface area contributed by atoms with Crippen LogP contribution < -0.4 is 56.5 Å². The van der Waals surface area contributed by atoms with Gasteiger partial charge in [-0.2, -0.15) is 0 Å². The molecule has 0 aromatic rings. The molecule has 0 atom stereocenters. The molecule has 0 unspecified atom stereocenters. The average molecular weight is 140 g/mol. The summed E-state index contributed by atoms with van der Waals surface area (Å²) in [5, 5.41) is 9.70. The van der Waals surface area contributed by atoms with Crippen molar-refractivity contribution in [2.45, 2.75) is 20.3 Å². The van der Waals surface area contributed by atoms with Crippen molar-refractivity contribution in [3.05, 3.63) is 0 Å². The predicted octanol–water partition coefficient (Wildman–Crippen LogP) is -3.21. The first-order valence-corrected chi connectivity index (χ1v) is 2.32. The number of carboxylic acid groups (broad SMARTS) is 1. The quantitative estimate of drug-likeness (QED) is 0.379. The number of rotatable bonds is 2. The number of carbonyl (C=O) groups is 1. The molecule has 0 amide bonds. The average Bonchev–Trinajstić information content (AvgIpc) is 1.27. The molecule has 0 saturated carbocycles. The van der Waals surface area contributed by atoms with Gasteiger partial charge in [0.15, 0.2) is 0 Å². The molecule has 8 heavy (non-hydrogen) atoms. The number of carboxylic acids is 1. The van der Waals surface area contributed by atoms with Crippen molar-refractivity contribution in [1.29, 1.82) is 0 Å². The second-order valence-electron chi connectivity index (χ2n) is 1.97. The van der Waals surface area contributed by atoms with Crippen molar-refractivity contribution >= 4 is 5.97 Å². The summed E-state index contributed by atoms with van der Waals surface area (Å²) in [6.07, 6.45) is 0.167. The van der Waals surface area contributed by atoms with Gasteiger partial charge in [-0.3, -0.25) is 0 Å². The molecule has 0 fully saturated rings. The molecule has 3 heteroatoms. The van der Waals surface area contributed by atoms with E-state index in [2.05, 4.69) is 0 Å². The van der Waals surface area contributed by atoms with Crippen molar-refractivity contribution in [2.75, 3.05) is 0 Å². The van der Waals surface area contributed by atoms with E-state index in [-0.39, 0.29) is 63.7 Å². The van der Waals surface area contributed by atoms with Gasteiger partial charge in [-0.15, -0.1) is 0 Å². The summed E-state index contributed by atoms with van der Waals surface area (Å²) in [6, 6.07) is 0. The van der Waals surface area contributed by atoms with E-state index in [0.29, 0.717) is 0 Å². The monoisotopic (exact) mass is 140 g/mol. The smallest absolute Gasteiger partial charge is 0.550 e. The standard InChI is InChI=1S/C5H10O2.K/c1-4(2)3-5(6)7;/h4H,3H2,1-2H3,(H,6,7);/q;+1/p-1. The van der Waals surface area contributed by atoms with Gasteiger partial charge in [-0.1, -0.05) is 13.8 Å². The Morgan fingerprint density at radius 3 is 2.00 bits per heavy atom. The van der Waals surface area contributed by atoms with Gasteiger partial charge >= 0.3 is 51.4 Å². The van der Waals surface area contributed by atoms with Crippen LogP contribution in [0.2, 0.25) is 0 Å². The van der Waals surface area contributed by atoms with Crippen LogP contribution in [0.3, 0.4) is 0 Å². The van der Waals surface area contributed by atoms with E-state index in [4.69, 9.17) is 0 Å². The maximum Gasteiger partial charge on any atom is 1.00 e. The Labute approximate surface area is 92.1 Å². The molecule has 0 heterocycles. The Bertz CT molecular complexity index is 70.8. The van der Waals surface area contributed by atoms with E-state index in [1.54, 1.807) is 0 Å². The summed E-state index contributed by atoms with van der Waals surface area (Å²) in [5.41, 5.74) is 0. The van der Waals surface area contributed by atoms with Gasteiger partial charge in [-0.05, 0) is 12.3 Å². The topological polar surface area (TPSA) is 40.1 Å². The Balaban J connectivity index is 0. The van der Waals surface area contributed by atoms with Crippen molar-refractivity contribution in [2.24, 2.45) is 5.92 Å². The van der Waals surface area contributed by atoms with E-state index in [1.165, 1.54) is 0 Å². The molecule has 0 aliphatic carbocycles. The molecule has 0 rings (SSSR count). The number of hydrogen-bond donors (Lipinski definition) is 0. The zero-order valence-corrected chi connectivity index (χ0v) is 8.72. The molecular formula is C5H9KO2. The molecule has 0 spiro atoms. The van der Waals surface area contributed by atoms with Crippen LogP contribution in [0.1, 0.15) is 20.3 Å². The van der Waals surface area contributed by atoms with Crippen molar-refractivity contribution in [3.8, 4) is 0 Å². The third kappa shape index (κ3) is 10.2. The first-order chi connectivity index (χ1) is 3.13. The molecule has 0 N–H and O–H groups in total. The molecule has 0 saturated heterocycles. The summed E-state index contributed by atoms with van der Waals surface area (Å²) in [7, 11) is 0. The summed E-state index contributed by atoms with van der Waals surface area (Å²) in [6.45, 7) is 3.69. The van der Waals surface area contributed by atoms with Crippen LogP contribution in [0.15, 0.2) is 0 Å². The fourth-order valence-corrected chi connectivity index (χ4v) is 0.333. The summed E-state index contributed by atoms with van der Waals surface area (Å²) in [4.78, 5) is 9.70. The third-order valence-electron chi connectivity index (χ3n) is 0.575. The van der Waals surface area contributed by atoms with Crippen LogP contribution in [-0.4, -0.2) is 5.97 Å². The van der Waals surface area contributed by atoms with Crippen LogP contribution in [0, 0.1) is 5.92 Å². The molecule has 0 aliphatic rings. The molecule has 42 valence electrons. The van der Waals surface area contributed by atoms with Gasteiger partial charge in [0, 0.05) is 5.97 Å². The van der Waals surface area contributed by atoms with Gasteiger partial charge in [0.25, 0.3) is 0 Å². The number of hydrogen-bond acceptors (Lipinski definition) is 2. The Morgan fingerprint density at radius 2 is 2.00 bits per heavy atom. The molecule has 0 aromatic carbocycles.